The molecular weight excluding hydrogens is 228 g/mol. The van der Waals surface area contributed by atoms with E-state index in [1.165, 1.54) is 0 Å². The molecule has 0 bridgehead atoms. The number of nitrogen functional groups attached to an aromatic ring is 1. The van der Waals surface area contributed by atoms with Gasteiger partial charge in [0.2, 0.25) is 0 Å². The van der Waals surface area contributed by atoms with Gasteiger partial charge in [0, 0.05) is 17.4 Å². The Morgan fingerprint density at radius 2 is 2.11 bits per heavy atom. The Balaban J connectivity index is 2.76. The van der Waals surface area contributed by atoms with E-state index in [1.54, 1.807) is 18.2 Å². The van der Waals surface area contributed by atoms with Crippen molar-refractivity contribution >= 4 is 17.3 Å². The van der Waals surface area contributed by atoms with Crippen molar-refractivity contribution in [1.29, 1.82) is 0 Å². The van der Waals surface area contributed by atoms with Crippen molar-refractivity contribution in [2.75, 3.05) is 31.7 Å². The number of hydrogen-bond donors (Lipinski definition) is 3. The van der Waals surface area contributed by atoms with Crippen LogP contribution in [0, 0.1) is 0 Å². The summed E-state index contributed by atoms with van der Waals surface area (Å²) in [7, 11) is 4.06. The molecule has 1 rings (SSSR count). The number of primary amides is 1. The SMILES string of the molecule is CC(CCN(C)C)Nc1cc(N)ccc1C(N)=O. The Bertz CT molecular complexity index is 417. The van der Waals surface area contributed by atoms with Gasteiger partial charge in [0.15, 0.2) is 0 Å². The topological polar surface area (TPSA) is 84.4 Å². The molecule has 5 nitrogen and oxygen atoms in total. The lowest BCUT2D eigenvalue weighted by Gasteiger charge is -2.19. The molecule has 0 aliphatic rings. The minimum atomic E-state index is -0.447. The molecule has 5 N–H and O–H groups in total. The molecule has 0 saturated heterocycles. The van der Waals surface area contributed by atoms with E-state index in [1.807, 2.05) is 14.1 Å². The average Bonchev–Trinajstić information content (AvgIpc) is 2.26. The highest BCUT2D eigenvalue weighted by molar-refractivity contribution is 5.99. The molecule has 100 valence electrons. The zero-order valence-electron chi connectivity index (χ0n) is 11.2. The summed E-state index contributed by atoms with van der Waals surface area (Å²) >= 11 is 0. The molecule has 0 radical (unpaired) electrons. The third kappa shape index (κ3) is 4.25. The van der Waals surface area contributed by atoms with E-state index >= 15 is 0 Å². The molecule has 1 amide bonds. The fourth-order valence-corrected chi connectivity index (χ4v) is 1.69. The summed E-state index contributed by atoms with van der Waals surface area (Å²) in [6.45, 7) is 3.04. The van der Waals surface area contributed by atoms with Gasteiger partial charge in [-0.1, -0.05) is 0 Å². The van der Waals surface area contributed by atoms with Crippen molar-refractivity contribution in [3.05, 3.63) is 23.8 Å². The zero-order valence-corrected chi connectivity index (χ0v) is 11.2. The first-order valence-corrected chi connectivity index (χ1v) is 6.00. The van der Waals surface area contributed by atoms with Gasteiger partial charge in [-0.25, -0.2) is 0 Å². The Morgan fingerprint density at radius 3 is 2.67 bits per heavy atom. The summed E-state index contributed by atoms with van der Waals surface area (Å²) in [4.78, 5) is 13.4. The molecule has 0 heterocycles. The van der Waals surface area contributed by atoms with Crippen molar-refractivity contribution in [3.63, 3.8) is 0 Å². The van der Waals surface area contributed by atoms with Crippen LogP contribution in [-0.4, -0.2) is 37.5 Å². The van der Waals surface area contributed by atoms with E-state index in [0.29, 0.717) is 16.9 Å². The molecule has 18 heavy (non-hydrogen) atoms. The Kier molecular flexibility index (Phi) is 4.97. The second kappa shape index (κ2) is 6.26. The highest BCUT2D eigenvalue weighted by Crippen LogP contribution is 2.20. The van der Waals surface area contributed by atoms with Gasteiger partial charge in [-0.3, -0.25) is 4.79 Å². The van der Waals surface area contributed by atoms with Crippen LogP contribution in [0.25, 0.3) is 0 Å². The Morgan fingerprint density at radius 1 is 1.44 bits per heavy atom. The maximum atomic E-state index is 11.3. The predicted molar refractivity (Wildman–Crippen MR) is 75.6 cm³/mol. The molecule has 1 aromatic carbocycles. The predicted octanol–water partition coefficient (Wildman–Crippen LogP) is 1.12. The first kappa shape index (κ1) is 14.3. The van der Waals surface area contributed by atoms with Gasteiger partial charge in [0.25, 0.3) is 5.91 Å². The molecule has 0 aromatic heterocycles. The number of carbonyl (C=O) groups is 1. The maximum absolute atomic E-state index is 11.3. The van der Waals surface area contributed by atoms with E-state index in [0.717, 1.165) is 13.0 Å². The molecule has 1 unspecified atom stereocenters. The smallest absolute Gasteiger partial charge is 0.250 e. The summed E-state index contributed by atoms with van der Waals surface area (Å²) in [6, 6.07) is 5.31. The van der Waals surface area contributed by atoms with E-state index in [9.17, 15) is 4.79 Å². The van der Waals surface area contributed by atoms with Crippen LogP contribution in [0.5, 0.6) is 0 Å². The number of nitrogens with zero attached hydrogens (tertiary/aromatic N) is 1. The largest absolute Gasteiger partial charge is 0.399 e. The molecule has 0 aliphatic carbocycles. The Labute approximate surface area is 108 Å². The van der Waals surface area contributed by atoms with Gasteiger partial charge < -0.3 is 21.7 Å². The van der Waals surface area contributed by atoms with Crippen LogP contribution in [0.1, 0.15) is 23.7 Å². The third-order valence-electron chi connectivity index (χ3n) is 2.72. The van der Waals surface area contributed by atoms with Crippen LogP contribution in [0.15, 0.2) is 18.2 Å². The Hall–Kier alpha value is -1.75. The number of nitrogens with one attached hydrogen (secondary N) is 1. The van der Waals surface area contributed by atoms with Crippen LogP contribution < -0.4 is 16.8 Å². The van der Waals surface area contributed by atoms with Crippen LogP contribution in [0.4, 0.5) is 11.4 Å². The van der Waals surface area contributed by atoms with E-state index in [-0.39, 0.29) is 6.04 Å². The third-order valence-corrected chi connectivity index (χ3v) is 2.72. The van der Waals surface area contributed by atoms with Gasteiger partial charge in [-0.15, -0.1) is 0 Å². The standard InChI is InChI=1S/C13H22N4O/c1-9(6-7-17(2)3)16-12-8-10(14)4-5-11(12)13(15)18/h4-5,8-9,16H,6-7,14H2,1-3H3,(H2,15,18). The van der Waals surface area contributed by atoms with E-state index in [2.05, 4.69) is 17.1 Å². The number of carbonyl (C=O) groups excluding carboxylic acids is 1. The molecule has 0 fully saturated rings. The van der Waals surface area contributed by atoms with Gasteiger partial charge >= 0.3 is 0 Å². The number of amides is 1. The minimum absolute atomic E-state index is 0.243. The lowest BCUT2D eigenvalue weighted by Crippen LogP contribution is -2.24. The number of benzene rings is 1. The van der Waals surface area contributed by atoms with Crippen molar-refractivity contribution in [1.82, 2.24) is 4.90 Å². The van der Waals surface area contributed by atoms with Crippen LogP contribution in [-0.2, 0) is 0 Å². The highest BCUT2D eigenvalue weighted by atomic mass is 16.1. The maximum Gasteiger partial charge on any atom is 0.250 e. The normalized spacial score (nSPS) is 12.4. The van der Waals surface area contributed by atoms with Crippen LogP contribution in [0.3, 0.4) is 0 Å². The zero-order chi connectivity index (χ0) is 13.7. The molecular formula is C13H22N4O. The summed E-state index contributed by atoms with van der Waals surface area (Å²) in [5.41, 5.74) is 12.8. The first-order valence-electron chi connectivity index (χ1n) is 6.00. The quantitative estimate of drug-likeness (QED) is 0.661. The van der Waals surface area contributed by atoms with Crippen LogP contribution >= 0.6 is 0 Å². The number of anilines is 2. The molecule has 0 saturated carbocycles. The van der Waals surface area contributed by atoms with Gasteiger partial charge in [0.1, 0.15) is 0 Å². The number of rotatable bonds is 6. The summed E-state index contributed by atoms with van der Waals surface area (Å²) < 4.78 is 0. The molecule has 0 spiro atoms. The summed E-state index contributed by atoms with van der Waals surface area (Å²) in [5, 5.41) is 3.28. The van der Waals surface area contributed by atoms with Crippen molar-refractivity contribution in [3.8, 4) is 0 Å². The summed E-state index contributed by atoms with van der Waals surface area (Å²) in [6.07, 6.45) is 0.972. The lowest BCUT2D eigenvalue weighted by atomic mass is 10.1. The number of nitrogens with two attached hydrogens (primary N) is 2. The lowest BCUT2D eigenvalue weighted by molar-refractivity contribution is 0.100. The van der Waals surface area contributed by atoms with Crippen LogP contribution in [0.2, 0.25) is 0 Å². The minimum Gasteiger partial charge on any atom is -0.399 e. The van der Waals surface area contributed by atoms with Crippen molar-refractivity contribution < 1.29 is 4.79 Å². The van der Waals surface area contributed by atoms with E-state index < -0.39 is 5.91 Å². The van der Waals surface area contributed by atoms with Gasteiger partial charge in [-0.2, -0.15) is 0 Å². The fourth-order valence-electron chi connectivity index (χ4n) is 1.69. The molecule has 0 aliphatic heterocycles. The molecule has 5 heteroatoms. The second-order valence-electron chi connectivity index (χ2n) is 4.81. The second-order valence-corrected chi connectivity index (χ2v) is 4.81. The van der Waals surface area contributed by atoms with Gasteiger partial charge in [-0.05, 0) is 52.2 Å². The van der Waals surface area contributed by atoms with Crippen molar-refractivity contribution in [2.45, 2.75) is 19.4 Å². The molecule has 1 atom stereocenters. The number of hydrogen-bond acceptors (Lipinski definition) is 4. The average molecular weight is 250 g/mol. The molecule has 1 aromatic rings. The fraction of sp³-hybridized carbons (Fsp3) is 0.462. The highest BCUT2D eigenvalue weighted by Gasteiger charge is 2.11. The first-order chi connectivity index (χ1) is 8.40. The summed E-state index contributed by atoms with van der Waals surface area (Å²) in [5.74, 6) is -0.447. The monoisotopic (exact) mass is 250 g/mol. The van der Waals surface area contributed by atoms with Crippen molar-refractivity contribution in [2.24, 2.45) is 5.73 Å². The van der Waals surface area contributed by atoms with Gasteiger partial charge in [0.05, 0.1) is 5.56 Å². The van der Waals surface area contributed by atoms with E-state index in [4.69, 9.17) is 11.5 Å².